The van der Waals surface area contributed by atoms with Crippen LogP contribution in [0.1, 0.15) is 27.3 Å². The van der Waals surface area contributed by atoms with E-state index in [1.165, 1.54) is 12.3 Å². The zero-order valence-corrected chi connectivity index (χ0v) is 16.4. The van der Waals surface area contributed by atoms with Gasteiger partial charge in [-0.05, 0) is 58.6 Å². The average Bonchev–Trinajstić information content (AvgIpc) is 3.17. The first-order valence-corrected chi connectivity index (χ1v) is 9.89. The summed E-state index contributed by atoms with van der Waals surface area (Å²) in [6, 6.07) is 9.18. The van der Waals surface area contributed by atoms with Crippen molar-refractivity contribution < 1.29 is 18.8 Å². The highest BCUT2D eigenvalue weighted by atomic mass is 79.9. The van der Waals surface area contributed by atoms with Gasteiger partial charge in [0, 0.05) is 4.47 Å². The monoisotopic (exact) mass is 439 g/mol. The number of thioether (sulfide) groups is 1. The van der Waals surface area contributed by atoms with Crippen molar-refractivity contribution in [1.82, 2.24) is 16.2 Å². The summed E-state index contributed by atoms with van der Waals surface area (Å²) in [6.07, 6.45) is 3.68. The summed E-state index contributed by atoms with van der Waals surface area (Å²) in [5.74, 6) is -0.733. The molecule has 0 aliphatic rings. The van der Waals surface area contributed by atoms with Crippen LogP contribution in [0.5, 0.6) is 0 Å². The van der Waals surface area contributed by atoms with Gasteiger partial charge in [0.2, 0.25) is 0 Å². The van der Waals surface area contributed by atoms with Gasteiger partial charge in [-0.25, -0.2) is 0 Å². The van der Waals surface area contributed by atoms with E-state index in [1.54, 1.807) is 42.1 Å². The van der Waals surface area contributed by atoms with Crippen LogP contribution < -0.4 is 16.2 Å². The third kappa shape index (κ3) is 5.63. The van der Waals surface area contributed by atoms with Gasteiger partial charge in [0.25, 0.3) is 11.8 Å². The third-order valence-corrected chi connectivity index (χ3v) is 4.73. The van der Waals surface area contributed by atoms with Crippen LogP contribution >= 0.6 is 27.7 Å². The van der Waals surface area contributed by atoms with Crippen LogP contribution in [-0.2, 0) is 4.79 Å². The zero-order valence-electron chi connectivity index (χ0n) is 14.0. The molecule has 0 aliphatic heterocycles. The number of benzene rings is 1. The van der Waals surface area contributed by atoms with Gasteiger partial charge in [-0.2, -0.15) is 11.8 Å². The van der Waals surface area contributed by atoms with Crippen molar-refractivity contribution in [3.8, 4) is 0 Å². The van der Waals surface area contributed by atoms with Gasteiger partial charge < -0.3 is 9.73 Å². The molecule has 9 heteroatoms. The standard InChI is InChI=1S/C17H18BrN3O4S/c1-26-10-8-13(19-15(22)11-5-2-3-6-12(11)18)16(23)20-21-17(24)14-7-4-9-25-14/h2-7,9,13H,8,10H2,1H3,(H,19,22)(H,20,23)(H,21,24)/t13-/m1/s1. The molecule has 0 radical (unpaired) electrons. The molecular formula is C17H18BrN3O4S. The Balaban J connectivity index is 1.99. The maximum Gasteiger partial charge on any atom is 0.305 e. The van der Waals surface area contributed by atoms with E-state index >= 15 is 0 Å². The SMILES string of the molecule is CSCC[C@@H](NC(=O)c1ccccc1Br)C(=O)NNC(=O)c1ccco1. The van der Waals surface area contributed by atoms with Crippen LogP contribution in [0.3, 0.4) is 0 Å². The molecule has 3 N–H and O–H groups in total. The Kier molecular flexibility index (Phi) is 7.73. The molecule has 26 heavy (non-hydrogen) atoms. The summed E-state index contributed by atoms with van der Waals surface area (Å²) in [5, 5.41) is 2.70. The highest BCUT2D eigenvalue weighted by Crippen LogP contribution is 2.16. The van der Waals surface area contributed by atoms with Crippen molar-refractivity contribution in [3.05, 3.63) is 58.5 Å². The van der Waals surface area contributed by atoms with E-state index in [2.05, 4.69) is 32.1 Å². The molecule has 1 aromatic heterocycles. The summed E-state index contributed by atoms with van der Waals surface area (Å²) < 4.78 is 5.58. The Hall–Kier alpha value is -2.26. The maximum absolute atomic E-state index is 12.4. The molecule has 1 aromatic carbocycles. The van der Waals surface area contributed by atoms with Gasteiger partial charge in [0.15, 0.2) is 5.76 Å². The number of amides is 3. The molecule has 7 nitrogen and oxygen atoms in total. The first-order chi connectivity index (χ1) is 12.5. The molecule has 0 aliphatic carbocycles. The number of furan rings is 1. The lowest BCUT2D eigenvalue weighted by Gasteiger charge is -2.18. The lowest BCUT2D eigenvalue weighted by atomic mass is 10.1. The molecule has 0 bridgehead atoms. The summed E-state index contributed by atoms with van der Waals surface area (Å²) in [5.41, 5.74) is 5.01. The number of halogens is 1. The van der Waals surface area contributed by atoms with E-state index in [1.807, 2.05) is 6.26 Å². The minimum atomic E-state index is -0.793. The summed E-state index contributed by atoms with van der Waals surface area (Å²) in [6.45, 7) is 0. The van der Waals surface area contributed by atoms with Crippen LogP contribution in [0.15, 0.2) is 51.6 Å². The fraction of sp³-hybridized carbons (Fsp3) is 0.235. The fourth-order valence-electron chi connectivity index (χ4n) is 2.06. The smallest absolute Gasteiger partial charge is 0.305 e. The van der Waals surface area contributed by atoms with Crippen molar-refractivity contribution >= 4 is 45.4 Å². The summed E-state index contributed by atoms with van der Waals surface area (Å²) in [7, 11) is 0. The molecule has 1 atom stereocenters. The molecule has 0 saturated carbocycles. The maximum atomic E-state index is 12.4. The molecule has 0 fully saturated rings. The van der Waals surface area contributed by atoms with Crippen LogP contribution in [-0.4, -0.2) is 35.8 Å². The molecule has 2 rings (SSSR count). The molecule has 138 valence electrons. The molecule has 0 unspecified atom stereocenters. The van der Waals surface area contributed by atoms with Gasteiger partial charge >= 0.3 is 5.91 Å². The van der Waals surface area contributed by atoms with Gasteiger partial charge in [0.05, 0.1) is 11.8 Å². The Morgan fingerprint density at radius 3 is 2.54 bits per heavy atom. The number of hydrazine groups is 1. The Bertz CT molecular complexity index is 767. The van der Waals surface area contributed by atoms with Crippen LogP contribution in [0.4, 0.5) is 0 Å². The Morgan fingerprint density at radius 1 is 1.12 bits per heavy atom. The fourth-order valence-corrected chi connectivity index (χ4v) is 3.00. The predicted octanol–water partition coefficient (Wildman–Crippen LogP) is 2.35. The molecule has 3 amide bonds. The minimum absolute atomic E-state index is 0.0724. The van der Waals surface area contributed by atoms with E-state index in [0.717, 1.165) is 0 Å². The number of nitrogens with one attached hydrogen (secondary N) is 3. The molecule has 0 saturated heterocycles. The van der Waals surface area contributed by atoms with Gasteiger partial charge in [0.1, 0.15) is 6.04 Å². The zero-order chi connectivity index (χ0) is 18.9. The summed E-state index contributed by atoms with van der Waals surface area (Å²) in [4.78, 5) is 36.6. The van der Waals surface area contributed by atoms with E-state index < -0.39 is 17.9 Å². The average molecular weight is 440 g/mol. The Labute approximate surface area is 163 Å². The molecule has 1 heterocycles. The highest BCUT2D eigenvalue weighted by Gasteiger charge is 2.22. The van der Waals surface area contributed by atoms with Gasteiger partial charge in [-0.15, -0.1) is 0 Å². The van der Waals surface area contributed by atoms with Crippen molar-refractivity contribution in [2.45, 2.75) is 12.5 Å². The number of rotatable bonds is 7. The lowest BCUT2D eigenvalue weighted by molar-refractivity contribution is -0.123. The first-order valence-electron chi connectivity index (χ1n) is 7.71. The van der Waals surface area contributed by atoms with Crippen molar-refractivity contribution in [1.29, 1.82) is 0 Å². The third-order valence-electron chi connectivity index (χ3n) is 3.40. The largest absolute Gasteiger partial charge is 0.459 e. The highest BCUT2D eigenvalue weighted by molar-refractivity contribution is 9.10. The minimum Gasteiger partial charge on any atom is -0.459 e. The van der Waals surface area contributed by atoms with Crippen molar-refractivity contribution in [2.75, 3.05) is 12.0 Å². The molecule has 2 aromatic rings. The second-order valence-corrected chi connectivity index (χ2v) is 7.05. The van der Waals surface area contributed by atoms with Crippen LogP contribution in [0.25, 0.3) is 0 Å². The van der Waals surface area contributed by atoms with E-state index in [0.29, 0.717) is 22.2 Å². The van der Waals surface area contributed by atoms with E-state index in [9.17, 15) is 14.4 Å². The second-order valence-electron chi connectivity index (χ2n) is 5.21. The van der Waals surface area contributed by atoms with Crippen LogP contribution in [0.2, 0.25) is 0 Å². The number of carbonyl (C=O) groups excluding carboxylic acids is 3. The summed E-state index contributed by atoms with van der Waals surface area (Å²) >= 11 is 4.87. The topological polar surface area (TPSA) is 100 Å². The lowest BCUT2D eigenvalue weighted by Crippen LogP contribution is -2.52. The number of hydrogen-bond acceptors (Lipinski definition) is 5. The second kappa shape index (κ2) is 10.0. The normalized spacial score (nSPS) is 11.5. The van der Waals surface area contributed by atoms with E-state index in [4.69, 9.17) is 4.42 Å². The van der Waals surface area contributed by atoms with Gasteiger partial charge in [-0.3, -0.25) is 25.2 Å². The first kappa shape index (κ1) is 20.1. The van der Waals surface area contributed by atoms with Crippen molar-refractivity contribution in [2.24, 2.45) is 0 Å². The number of hydrogen-bond donors (Lipinski definition) is 3. The molecule has 0 spiro atoms. The molecular weight excluding hydrogens is 422 g/mol. The van der Waals surface area contributed by atoms with E-state index in [-0.39, 0.29) is 11.7 Å². The van der Waals surface area contributed by atoms with Crippen LogP contribution in [0, 0.1) is 0 Å². The predicted molar refractivity (Wildman–Crippen MR) is 103 cm³/mol. The van der Waals surface area contributed by atoms with Gasteiger partial charge in [-0.1, -0.05) is 12.1 Å². The van der Waals surface area contributed by atoms with Crippen molar-refractivity contribution in [3.63, 3.8) is 0 Å². The quantitative estimate of drug-likeness (QED) is 0.574. The Morgan fingerprint density at radius 2 is 1.88 bits per heavy atom. The number of carbonyl (C=O) groups is 3.